The van der Waals surface area contributed by atoms with Crippen molar-refractivity contribution in [2.24, 2.45) is 11.0 Å². The normalized spacial score (nSPS) is 15.5. The van der Waals surface area contributed by atoms with E-state index in [0.717, 1.165) is 5.56 Å². The molecular weight excluding hydrogens is 270 g/mol. The molecular formula is C15H19N3O3. The van der Waals surface area contributed by atoms with E-state index in [1.54, 1.807) is 4.90 Å². The zero-order valence-electron chi connectivity index (χ0n) is 11.8. The third-order valence-electron chi connectivity index (χ3n) is 3.65. The Morgan fingerprint density at radius 2 is 1.90 bits per heavy atom. The zero-order valence-corrected chi connectivity index (χ0v) is 11.8. The molecule has 0 radical (unpaired) electrons. The van der Waals surface area contributed by atoms with Crippen LogP contribution in [0, 0.1) is 11.4 Å². The molecule has 6 nitrogen and oxygen atoms in total. The third-order valence-corrected chi connectivity index (χ3v) is 3.65. The van der Waals surface area contributed by atoms with Crippen LogP contribution in [0.1, 0.15) is 18.4 Å². The summed E-state index contributed by atoms with van der Waals surface area (Å²) in [6, 6.07) is 9.52. The first-order chi connectivity index (χ1) is 10.2. The lowest BCUT2D eigenvalue weighted by Crippen LogP contribution is -2.40. The van der Waals surface area contributed by atoms with Crippen LogP contribution in [0.3, 0.4) is 0 Å². The van der Waals surface area contributed by atoms with Gasteiger partial charge >= 0.3 is 6.09 Å². The molecule has 0 unspecified atom stereocenters. The van der Waals surface area contributed by atoms with Crippen LogP contribution >= 0.6 is 0 Å². The van der Waals surface area contributed by atoms with Crippen LogP contribution in [0.25, 0.3) is 0 Å². The van der Waals surface area contributed by atoms with Crippen molar-refractivity contribution in [1.82, 2.24) is 4.90 Å². The number of ketones is 1. The van der Waals surface area contributed by atoms with E-state index < -0.39 is 0 Å². The standard InChI is InChI=1S/C15H19N3O3/c16-17-10-14(19)13-6-8-18(9-7-13)15(20)21-11-12-4-2-1-3-5-12/h1-5,13,16H,6-11H2. The average molecular weight is 289 g/mol. The minimum Gasteiger partial charge on any atom is -0.445 e. The number of ether oxygens (including phenoxy) is 1. The van der Waals surface area contributed by atoms with E-state index in [-0.39, 0.29) is 30.9 Å². The van der Waals surface area contributed by atoms with Gasteiger partial charge in [0.15, 0.2) is 5.78 Å². The van der Waals surface area contributed by atoms with Crippen LogP contribution in [0.2, 0.25) is 0 Å². The molecule has 0 atom stereocenters. The minimum absolute atomic E-state index is 0.0118. The number of likely N-dealkylation sites (tertiary alicyclic amines) is 1. The predicted octanol–water partition coefficient (Wildman–Crippen LogP) is 2.64. The van der Waals surface area contributed by atoms with Crippen molar-refractivity contribution in [3.63, 3.8) is 0 Å². The van der Waals surface area contributed by atoms with Gasteiger partial charge in [-0.3, -0.25) is 4.79 Å². The van der Waals surface area contributed by atoms with E-state index in [9.17, 15) is 9.59 Å². The summed E-state index contributed by atoms with van der Waals surface area (Å²) in [5, 5.41) is 3.12. The summed E-state index contributed by atoms with van der Waals surface area (Å²) in [6.07, 6.45) is 0.902. The molecule has 112 valence electrons. The van der Waals surface area contributed by atoms with E-state index in [4.69, 9.17) is 10.3 Å². The van der Waals surface area contributed by atoms with E-state index in [1.807, 2.05) is 30.3 Å². The molecule has 1 aromatic carbocycles. The molecule has 0 bridgehead atoms. The number of Topliss-reactive ketones (excluding diaryl/α,β-unsaturated/α-hetero) is 1. The number of nitrogens with zero attached hydrogens (tertiary/aromatic N) is 2. The summed E-state index contributed by atoms with van der Waals surface area (Å²) in [5.41, 5.74) is 7.67. The first-order valence-electron chi connectivity index (χ1n) is 7.02. The van der Waals surface area contributed by atoms with Gasteiger partial charge in [-0.2, -0.15) is 5.11 Å². The Bertz CT molecular complexity index is 496. The number of hydrogen-bond acceptors (Lipinski definition) is 5. The highest BCUT2D eigenvalue weighted by atomic mass is 16.6. The van der Waals surface area contributed by atoms with Crippen molar-refractivity contribution in [2.45, 2.75) is 19.4 Å². The van der Waals surface area contributed by atoms with Crippen molar-refractivity contribution in [1.29, 1.82) is 5.53 Å². The molecule has 1 amide bonds. The van der Waals surface area contributed by atoms with E-state index in [0.29, 0.717) is 25.9 Å². The summed E-state index contributed by atoms with van der Waals surface area (Å²) < 4.78 is 5.26. The van der Waals surface area contributed by atoms with Gasteiger partial charge in [0, 0.05) is 19.0 Å². The van der Waals surface area contributed by atoms with Gasteiger partial charge in [-0.25, -0.2) is 10.3 Å². The summed E-state index contributed by atoms with van der Waals surface area (Å²) in [5.74, 6) is -0.0976. The van der Waals surface area contributed by atoms with Crippen molar-refractivity contribution < 1.29 is 14.3 Å². The number of hydrogen-bond donors (Lipinski definition) is 1. The molecule has 1 aliphatic heterocycles. The lowest BCUT2D eigenvalue weighted by Gasteiger charge is -2.30. The Labute approximate surface area is 123 Å². The van der Waals surface area contributed by atoms with Gasteiger partial charge in [0.05, 0.1) is 0 Å². The first-order valence-corrected chi connectivity index (χ1v) is 7.02. The molecule has 0 saturated carbocycles. The maximum atomic E-state index is 11.9. The number of piperidine rings is 1. The second-order valence-corrected chi connectivity index (χ2v) is 5.08. The van der Waals surface area contributed by atoms with Gasteiger partial charge in [0.2, 0.25) is 0 Å². The smallest absolute Gasteiger partial charge is 0.410 e. The van der Waals surface area contributed by atoms with Crippen molar-refractivity contribution in [3.05, 3.63) is 35.9 Å². The molecule has 1 aliphatic rings. The highest BCUT2D eigenvalue weighted by molar-refractivity contribution is 5.83. The lowest BCUT2D eigenvalue weighted by molar-refractivity contribution is -0.122. The molecule has 6 heteroatoms. The van der Waals surface area contributed by atoms with Crippen LogP contribution in [0.5, 0.6) is 0 Å². The van der Waals surface area contributed by atoms with Crippen LogP contribution in [-0.4, -0.2) is 36.4 Å². The van der Waals surface area contributed by atoms with Crippen LogP contribution in [-0.2, 0) is 16.1 Å². The number of amides is 1. The van der Waals surface area contributed by atoms with E-state index in [1.165, 1.54) is 0 Å². The van der Waals surface area contributed by atoms with Crippen molar-refractivity contribution >= 4 is 11.9 Å². The summed E-state index contributed by atoms with van der Waals surface area (Å²) in [4.78, 5) is 25.2. The van der Waals surface area contributed by atoms with Gasteiger partial charge < -0.3 is 9.64 Å². The number of benzene rings is 1. The Hall–Kier alpha value is -2.24. The maximum Gasteiger partial charge on any atom is 0.410 e. The second-order valence-electron chi connectivity index (χ2n) is 5.08. The summed E-state index contributed by atoms with van der Waals surface area (Å²) >= 11 is 0. The van der Waals surface area contributed by atoms with Gasteiger partial charge in [-0.15, -0.1) is 0 Å². The first kappa shape index (κ1) is 15.2. The van der Waals surface area contributed by atoms with Crippen LogP contribution in [0.15, 0.2) is 35.4 Å². The Kier molecular flexibility index (Phi) is 5.43. The molecule has 1 fully saturated rings. The van der Waals surface area contributed by atoms with E-state index in [2.05, 4.69) is 5.11 Å². The van der Waals surface area contributed by atoms with Crippen LogP contribution in [0.4, 0.5) is 4.79 Å². The predicted molar refractivity (Wildman–Crippen MR) is 75.9 cm³/mol. The number of rotatable bonds is 5. The van der Waals surface area contributed by atoms with Gasteiger partial charge in [-0.1, -0.05) is 30.3 Å². The molecule has 0 aliphatic carbocycles. The van der Waals surface area contributed by atoms with E-state index >= 15 is 0 Å². The molecule has 1 N–H and O–H groups in total. The molecule has 1 saturated heterocycles. The second kappa shape index (κ2) is 7.52. The monoisotopic (exact) mass is 289 g/mol. The molecule has 2 rings (SSSR count). The Morgan fingerprint density at radius 3 is 2.52 bits per heavy atom. The Morgan fingerprint density at radius 1 is 1.24 bits per heavy atom. The fraction of sp³-hybridized carbons (Fsp3) is 0.467. The Balaban J connectivity index is 1.75. The highest BCUT2D eigenvalue weighted by Gasteiger charge is 2.27. The van der Waals surface area contributed by atoms with Gasteiger partial charge in [0.25, 0.3) is 0 Å². The third kappa shape index (κ3) is 4.37. The lowest BCUT2D eigenvalue weighted by atomic mass is 9.93. The molecule has 1 aromatic rings. The van der Waals surface area contributed by atoms with Crippen molar-refractivity contribution in [2.75, 3.05) is 19.6 Å². The van der Waals surface area contributed by atoms with Crippen molar-refractivity contribution in [3.8, 4) is 0 Å². The highest BCUT2D eigenvalue weighted by Crippen LogP contribution is 2.19. The number of carbonyl (C=O) groups excluding carboxylic acids is 2. The average Bonchev–Trinajstić information content (AvgIpc) is 2.54. The number of nitrogens with one attached hydrogen (secondary N) is 1. The summed E-state index contributed by atoms with van der Waals surface area (Å²) in [7, 11) is 0. The molecule has 0 spiro atoms. The molecule has 0 aromatic heterocycles. The summed E-state index contributed by atoms with van der Waals surface area (Å²) in [6.45, 7) is 1.24. The topological polar surface area (TPSA) is 82.8 Å². The minimum atomic E-state index is -0.338. The fourth-order valence-electron chi connectivity index (χ4n) is 2.40. The van der Waals surface area contributed by atoms with Crippen LogP contribution < -0.4 is 0 Å². The molecule has 1 heterocycles. The fourth-order valence-corrected chi connectivity index (χ4v) is 2.40. The quantitative estimate of drug-likeness (QED) is 0.846. The van der Waals surface area contributed by atoms with Gasteiger partial charge in [-0.05, 0) is 18.4 Å². The van der Waals surface area contributed by atoms with Gasteiger partial charge in [0.1, 0.15) is 13.2 Å². The molecule has 21 heavy (non-hydrogen) atoms. The SMILES string of the molecule is N=NCC(=O)C1CCN(C(=O)OCc2ccccc2)CC1. The zero-order chi connectivity index (χ0) is 15.1. The number of carbonyl (C=O) groups is 2. The maximum absolute atomic E-state index is 11.9. The largest absolute Gasteiger partial charge is 0.445 e.